The van der Waals surface area contributed by atoms with Gasteiger partial charge in [-0.2, -0.15) is 0 Å². The highest BCUT2D eigenvalue weighted by Gasteiger charge is 2.41. The first-order valence-electron chi connectivity index (χ1n) is 7.23. The fourth-order valence-corrected chi connectivity index (χ4v) is 3.06. The van der Waals surface area contributed by atoms with E-state index in [-0.39, 0.29) is 0 Å². The molecule has 4 unspecified atom stereocenters. The van der Waals surface area contributed by atoms with Gasteiger partial charge in [-0.05, 0) is 37.8 Å². The summed E-state index contributed by atoms with van der Waals surface area (Å²) in [6, 6.07) is 1.65. The van der Waals surface area contributed by atoms with Crippen molar-refractivity contribution in [3.05, 3.63) is 0 Å². The summed E-state index contributed by atoms with van der Waals surface area (Å²) in [6.45, 7) is 10.9. The average molecular weight is 224 g/mol. The van der Waals surface area contributed by atoms with E-state index in [0.29, 0.717) is 0 Å². The summed E-state index contributed by atoms with van der Waals surface area (Å²) in [7, 11) is 0. The van der Waals surface area contributed by atoms with E-state index in [2.05, 4.69) is 31.0 Å². The minimum Gasteiger partial charge on any atom is -0.312 e. The third-order valence-corrected chi connectivity index (χ3v) is 4.67. The van der Waals surface area contributed by atoms with E-state index in [1.165, 1.54) is 45.3 Å². The first kappa shape index (κ1) is 12.4. The Balaban J connectivity index is 1.88. The van der Waals surface area contributed by atoms with Gasteiger partial charge in [-0.1, -0.05) is 33.6 Å². The zero-order chi connectivity index (χ0) is 11.5. The fraction of sp³-hybridized carbons (Fsp3) is 1.00. The number of hydrogen-bond acceptors (Lipinski definition) is 2. The lowest BCUT2D eigenvalue weighted by molar-refractivity contribution is 0.220. The molecule has 2 heteroatoms. The number of nitrogens with zero attached hydrogens (tertiary/aromatic N) is 1. The molecule has 2 aliphatic rings. The standard InChI is InChI=1S/C14H28N2/c1-4-11(3)13-10-16(8-6-7-15-13)14-9-12(14)5-2/h11-15H,4-10H2,1-3H3. The molecule has 94 valence electrons. The van der Waals surface area contributed by atoms with Crippen molar-refractivity contribution in [2.45, 2.75) is 58.5 Å². The Labute approximate surface area is 101 Å². The predicted molar refractivity (Wildman–Crippen MR) is 69.6 cm³/mol. The van der Waals surface area contributed by atoms with Crippen LogP contribution in [0, 0.1) is 11.8 Å². The van der Waals surface area contributed by atoms with Gasteiger partial charge in [0.2, 0.25) is 0 Å². The van der Waals surface area contributed by atoms with Crippen LogP contribution in [-0.4, -0.2) is 36.6 Å². The van der Waals surface area contributed by atoms with Crippen LogP contribution in [0.15, 0.2) is 0 Å². The van der Waals surface area contributed by atoms with Crippen molar-refractivity contribution in [1.82, 2.24) is 10.2 Å². The second-order valence-electron chi connectivity index (χ2n) is 5.77. The molecule has 1 aliphatic heterocycles. The molecule has 1 heterocycles. The van der Waals surface area contributed by atoms with Crippen LogP contribution < -0.4 is 5.32 Å². The maximum Gasteiger partial charge on any atom is 0.0220 e. The topological polar surface area (TPSA) is 15.3 Å². The van der Waals surface area contributed by atoms with Crippen LogP contribution in [0.2, 0.25) is 0 Å². The van der Waals surface area contributed by atoms with E-state index < -0.39 is 0 Å². The summed E-state index contributed by atoms with van der Waals surface area (Å²) in [5.74, 6) is 1.83. The summed E-state index contributed by atoms with van der Waals surface area (Å²) in [5, 5.41) is 3.74. The van der Waals surface area contributed by atoms with E-state index in [4.69, 9.17) is 0 Å². The smallest absolute Gasteiger partial charge is 0.0220 e. The Morgan fingerprint density at radius 2 is 2.19 bits per heavy atom. The van der Waals surface area contributed by atoms with E-state index in [1.54, 1.807) is 0 Å². The lowest BCUT2D eigenvalue weighted by Gasteiger charge is -2.28. The van der Waals surface area contributed by atoms with Crippen molar-refractivity contribution < 1.29 is 0 Å². The van der Waals surface area contributed by atoms with E-state index >= 15 is 0 Å². The van der Waals surface area contributed by atoms with Gasteiger partial charge >= 0.3 is 0 Å². The molecule has 0 aromatic rings. The molecule has 16 heavy (non-hydrogen) atoms. The van der Waals surface area contributed by atoms with E-state index in [9.17, 15) is 0 Å². The van der Waals surface area contributed by atoms with Crippen molar-refractivity contribution in [2.75, 3.05) is 19.6 Å². The van der Waals surface area contributed by atoms with Crippen molar-refractivity contribution in [3.63, 3.8) is 0 Å². The lowest BCUT2D eigenvalue weighted by Crippen LogP contribution is -2.43. The van der Waals surface area contributed by atoms with Crippen molar-refractivity contribution in [1.29, 1.82) is 0 Å². The van der Waals surface area contributed by atoms with Gasteiger partial charge in [-0.15, -0.1) is 0 Å². The van der Waals surface area contributed by atoms with Gasteiger partial charge in [-0.3, -0.25) is 4.90 Å². The Morgan fingerprint density at radius 3 is 2.81 bits per heavy atom. The summed E-state index contributed by atoms with van der Waals surface area (Å²) < 4.78 is 0. The van der Waals surface area contributed by atoms with E-state index in [0.717, 1.165) is 23.9 Å². The molecule has 2 nitrogen and oxygen atoms in total. The monoisotopic (exact) mass is 224 g/mol. The third kappa shape index (κ3) is 2.78. The first-order chi connectivity index (χ1) is 7.76. The number of nitrogens with one attached hydrogen (secondary N) is 1. The fourth-order valence-electron chi connectivity index (χ4n) is 3.06. The van der Waals surface area contributed by atoms with Crippen molar-refractivity contribution >= 4 is 0 Å². The SMILES string of the molecule is CCC(C)C1CN(C2CC2CC)CCCN1. The second kappa shape index (κ2) is 5.50. The number of hydrogen-bond donors (Lipinski definition) is 1. The molecule has 1 aliphatic carbocycles. The van der Waals surface area contributed by atoms with Gasteiger partial charge in [0.1, 0.15) is 0 Å². The van der Waals surface area contributed by atoms with Crippen LogP contribution in [0.3, 0.4) is 0 Å². The summed E-state index contributed by atoms with van der Waals surface area (Å²) in [4.78, 5) is 2.77. The zero-order valence-electron chi connectivity index (χ0n) is 11.2. The van der Waals surface area contributed by atoms with Gasteiger partial charge in [0, 0.05) is 18.6 Å². The molecule has 0 amide bonds. The Bertz CT molecular complexity index is 217. The summed E-state index contributed by atoms with van der Waals surface area (Å²) in [5.41, 5.74) is 0. The molecule has 4 atom stereocenters. The lowest BCUT2D eigenvalue weighted by atomic mass is 9.99. The highest BCUT2D eigenvalue weighted by molar-refractivity contribution is 4.96. The van der Waals surface area contributed by atoms with Crippen LogP contribution in [0.4, 0.5) is 0 Å². The van der Waals surface area contributed by atoms with Gasteiger partial charge < -0.3 is 5.32 Å². The molecule has 1 N–H and O–H groups in total. The molecule has 0 bridgehead atoms. The molecule has 2 rings (SSSR count). The van der Waals surface area contributed by atoms with Crippen LogP contribution in [-0.2, 0) is 0 Å². The molecule has 1 saturated heterocycles. The minimum atomic E-state index is 0.727. The Hall–Kier alpha value is -0.0800. The molecular formula is C14H28N2. The van der Waals surface area contributed by atoms with Crippen molar-refractivity contribution in [2.24, 2.45) is 11.8 Å². The maximum atomic E-state index is 3.74. The molecular weight excluding hydrogens is 196 g/mol. The summed E-state index contributed by atoms with van der Waals surface area (Å²) in [6.07, 6.45) is 5.47. The summed E-state index contributed by atoms with van der Waals surface area (Å²) >= 11 is 0. The normalized spacial score (nSPS) is 38.1. The highest BCUT2D eigenvalue weighted by Crippen LogP contribution is 2.38. The van der Waals surface area contributed by atoms with Crippen molar-refractivity contribution in [3.8, 4) is 0 Å². The highest BCUT2D eigenvalue weighted by atomic mass is 15.2. The number of rotatable bonds is 4. The second-order valence-corrected chi connectivity index (χ2v) is 5.77. The maximum absolute atomic E-state index is 3.74. The molecule has 0 aromatic heterocycles. The zero-order valence-corrected chi connectivity index (χ0v) is 11.2. The molecule has 2 fully saturated rings. The molecule has 0 radical (unpaired) electrons. The average Bonchev–Trinajstić information content (AvgIpc) is 3.10. The van der Waals surface area contributed by atoms with Crippen LogP contribution in [0.1, 0.15) is 46.5 Å². The predicted octanol–water partition coefficient (Wildman–Crippen LogP) is 2.49. The van der Waals surface area contributed by atoms with E-state index in [1.807, 2.05) is 0 Å². The Morgan fingerprint density at radius 1 is 1.38 bits per heavy atom. The minimum absolute atomic E-state index is 0.727. The van der Waals surface area contributed by atoms with Gasteiger partial charge in [0.15, 0.2) is 0 Å². The third-order valence-electron chi connectivity index (χ3n) is 4.67. The van der Waals surface area contributed by atoms with Crippen LogP contribution >= 0.6 is 0 Å². The Kier molecular flexibility index (Phi) is 4.26. The first-order valence-corrected chi connectivity index (χ1v) is 7.23. The largest absolute Gasteiger partial charge is 0.312 e. The van der Waals surface area contributed by atoms with Gasteiger partial charge in [-0.25, -0.2) is 0 Å². The van der Waals surface area contributed by atoms with Gasteiger partial charge in [0.25, 0.3) is 0 Å². The quantitative estimate of drug-likeness (QED) is 0.789. The molecule has 1 saturated carbocycles. The van der Waals surface area contributed by atoms with Crippen LogP contribution in [0.25, 0.3) is 0 Å². The molecule has 0 spiro atoms. The van der Waals surface area contributed by atoms with Crippen LogP contribution in [0.5, 0.6) is 0 Å². The molecule has 0 aromatic carbocycles. The van der Waals surface area contributed by atoms with Gasteiger partial charge in [0.05, 0.1) is 0 Å².